The number of piperazine rings is 1. The van der Waals surface area contributed by atoms with Crippen LogP contribution in [-0.4, -0.2) is 87.3 Å². The maximum atomic E-state index is 12.1. The van der Waals surface area contributed by atoms with Gasteiger partial charge in [-0.2, -0.15) is 0 Å². The lowest BCUT2D eigenvalue weighted by molar-refractivity contribution is -0.126. The van der Waals surface area contributed by atoms with Crippen molar-refractivity contribution in [2.24, 2.45) is 0 Å². The number of nitrogens with zero attached hydrogens (tertiary/aromatic N) is 2. The first-order valence-electron chi connectivity index (χ1n) is 7.68. The minimum Gasteiger partial charge on any atom is -0.385 e. The Morgan fingerprint density at radius 3 is 2.60 bits per heavy atom. The predicted molar refractivity (Wildman–Crippen MR) is 78.8 cm³/mol. The Morgan fingerprint density at radius 2 is 2.05 bits per heavy atom. The van der Waals surface area contributed by atoms with Crippen molar-refractivity contribution in [3.63, 3.8) is 0 Å². The molecule has 20 heavy (non-hydrogen) atoms. The van der Waals surface area contributed by atoms with Gasteiger partial charge in [0, 0.05) is 65.6 Å². The fraction of sp³-hybridized carbons (Fsp3) is 0.929. The minimum absolute atomic E-state index is 0.0285. The highest BCUT2D eigenvalue weighted by Crippen LogP contribution is 2.11. The molecule has 2 saturated heterocycles. The van der Waals surface area contributed by atoms with Crippen molar-refractivity contribution in [3.8, 4) is 0 Å². The van der Waals surface area contributed by atoms with E-state index >= 15 is 0 Å². The molecule has 2 fully saturated rings. The molecule has 0 aromatic carbocycles. The topological polar surface area (TPSA) is 56.8 Å². The lowest BCUT2D eigenvalue weighted by Gasteiger charge is -2.44. The predicted octanol–water partition coefficient (Wildman–Crippen LogP) is -0.883. The highest BCUT2D eigenvalue weighted by molar-refractivity contribution is 5.81. The van der Waals surface area contributed by atoms with E-state index in [9.17, 15) is 4.79 Å². The molecule has 0 spiro atoms. The van der Waals surface area contributed by atoms with Crippen LogP contribution in [0.1, 0.15) is 13.3 Å². The number of hydrogen-bond acceptors (Lipinski definition) is 5. The number of nitrogens with one attached hydrogen (secondary N) is 2. The van der Waals surface area contributed by atoms with Crippen LogP contribution in [0.5, 0.6) is 0 Å². The molecule has 1 atom stereocenters. The van der Waals surface area contributed by atoms with Crippen molar-refractivity contribution in [3.05, 3.63) is 0 Å². The SMILES string of the molecule is COCCCNC(=O)C(C)N1CCN(C2CNC2)CC1. The van der Waals surface area contributed by atoms with Gasteiger partial charge in [0.05, 0.1) is 6.04 Å². The summed E-state index contributed by atoms with van der Waals surface area (Å²) >= 11 is 0. The maximum absolute atomic E-state index is 12.1. The van der Waals surface area contributed by atoms with Gasteiger partial charge >= 0.3 is 0 Å². The van der Waals surface area contributed by atoms with Gasteiger partial charge in [0.25, 0.3) is 0 Å². The van der Waals surface area contributed by atoms with E-state index in [-0.39, 0.29) is 11.9 Å². The summed E-state index contributed by atoms with van der Waals surface area (Å²) in [6, 6.07) is 0.689. The van der Waals surface area contributed by atoms with E-state index in [1.807, 2.05) is 6.92 Å². The monoisotopic (exact) mass is 284 g/mol. The molecule has 0 bridgehead atoms. The van der Waals surface area contributed by atoms with Gasteiger partial charge in [0.2, 0.25) is 5.91 Å². The first-order valence-corrected chi connectivity index (χ1v) is 7.68. The van der Waals surface area contributed by atoms with Crippen LogP contribution in [0.3, 0.4) is 0 Å². The normalized spacial score (nSPS) is 23.3. The van der Waals surface area contributed by atoms with Gasteiger partial charge in [0.1, 0.15) is 0 Å². The third-order valence-corrected chi connectivity index (χ3v) is 4.38. The first kappa shape index (κ1) is 15.7. The van der Waals surface area contributed by atoms with E-state index in [4.69, 9.17) is 4.74 Å². The minimum atomic E-state index is -0.0285. The van der Waals surface area contributed by atoms with E-state index in [2.05, 4.69) is 20.4 Å². The molecule has 6 nitrogen and oxygen atoms in total. The highest BCUT2D eigenvalue weighted by Gasteiger charge is 2.30. The maximum Gasteiger partial charge on any atom is 0.237 e. The Morgan fingerprint density at radius 1 is 1.35 bits per heavy atom. The molecular formula is C14H28N4O2. The smallest absolute Gasteiger partial charge is 0.237 e. The van der Waals surface area contributed by atoms with Crippen molar-refractivity contribution in [2.75, 3.05) is 59.5 Å². The Hall–Kier alpha value is -0.690. The van der Waals surface area contributed by atoms with E-state index in [1.165, 1.54) is 0 Å². The Labute approximate surface area is 121 Å². The second-order valence-corrected chi connectivity index (χ2v) is 5.70. The fourth-order valence-corrected chi connectivity index (χ4v) is 2.76. The standard InChI is InChI=1S/C14H28N4O2/c1-12(14(19)16-4-3-9-20-2)17-5-7-18(8-6-17)13-10-15-11-13/h12-13,15H,3-11H2,1-2H3,(H,16,19). The molecule has 6 heteroatoms. The number of methoxy groups -OCH3 is 1. The molecule has 0 aromatic rings. The summed E-state index contributed by atoms with van der Waals surface area (Å²) in [5, 5.41) is 6.30. The van der Waals surface area contributed by atoms with Crippen molar-refractivity contribution in [1.82, 2.24) is 20.4 Å². The van der Waals surface area contributed by atoms with Crippen LogP contribution >= 0.6 is 0 Å². The van der Waals surface area contributed by atoms with Crippen LogP contribution in [0.2, 0.25) is 0 Å². The molecule has 2 heterocycles. The number of hydrogen-bond donors (Lipinski definition) is 2. The summed E-state index contributed by atoms with van der Waals surface area (Å²) < 4.78 is 4.98. The molecule has 0 saturated carbocycles. The number of carbonyl (C=O) groups excluding carboxylic acids is 1. The summed E-state index contributed by atoms with van der Waals surface area (Å²) in [6.45, 7) is 9.78. The average Bonchev–Trinajstić information content (AvgIpc) is 2.41. The molecule has 1 amide bonds. The largest absolute Gasteiger partial charge is 0.385 e. The summed E-state index contributed by atoms with van der Waals surface area (Å²) in [5.41, 5.74) is 0. The van der Waals surface area contributed by atoms with Crippen LogP contribution in [0.15, 0.2) is 0 Å². The third kappa shape index (κ3) is 4.15. The van der Waals surface area contributed by atoms with E-state index < -0.39 is 0 Å². The van der Waals surface area contributed by atoms with Gasteiger partial charge < -0.3 is 15.4 Å². The van der Waals surface area contributed by atoms with Gasteiger partial charge in [-0.25, -0.2) is 0 Å². The molecule has 1 unspecified atom stereocenters. The van der Waals surface area contributed by atoms with Crippen LogP contribution in [0.25, 0.3) is 0 Å². The third-order valence-electron chi connectivity index (χ3n) is 4.38. The highest BCUT2D eigenvalue weighted by atomic mass is 16.5. The number of rotatable bonds is 7. The van der Waals surface area contributed by atoms with Gasteiger partial charge in [-0.1, -0.05) is 0 Å². The van der Waals surface area contributed by atoms with Gasteiger partial charge in [-0.3, -0.25) is 14.6 Å². The molecular weight excluding hydrogens is 256 g/mol. The number of amides is 1. The molecule has 0 radical (unpaired) electrons. The van der Waals surface area contributed by atoms with Gasteiger partial charge in [0.15, 0.2) is 0 Å². The number of ether oxygens (including phenoxy) is 1. The van der Waals surface area contributed by atoms with Gasteiger partial charge in [-0.05, 0) is 13.3 Å². The van der Waals surface area contributed by atoms with Crippen molar-refractivity contribution in [2.45, 2.75) is 25.4 Å². The van der Waals surface area contributed by atoms with E-state index in [1.54, 1.807) is 7.11 Å². The van der Waals surface area contributed by atoms with Gasteiger partial charge in [-0.15, -0.1) is 0 Å². The zero-order valence-electron chi connectivity index (χ0n) is 12.7. The molecule has 2 rings (SSSR count). The van der Waals surface area contributed by atoms with E-state index in [0.29, 0.717) is 13.2 Å². The lowest BCUT2D eigenvalue weighted by Crippen LogP contribution is -2.63. The Balaban J connectivity index is 1.65. The lowest BCUT2D eigenvalue weighted by atomic mass is 10.1. The van der Waals surface area contributed by atoms with Crippen molar-refractivity contribution in [1.29, 1.82) is 0 Å². The molecule has 2 N–H and O–H groups in total. The second-order valence-electron chi connectivity index (χ2n) is 5.70. The second kappa shape index (κ2) is 7.93. The summed E-state index contributed by atoms with van der Waals surface area (Å²) in [7, 11) is 1.68. The summed E-state index contributed by atoms with van der Waals surface area (Å²) in [6.07, 6.45) is 0.872. The Bertz CT molecular complexity index is 302. The van der Waals surface area contributed by atoms with Crippen molar-refractivity contribution >= 4 is 5.91 Å². The van der Waals surface area contributed by atoms with Crippen LogP contribution in [-0.2, 0) is 9.53 Å². The molecule has 116 valence electrons. The summed E-state index contributed by atoms with van der Waals surface area (Å²) in [4.78, 5) is 16.9. The van der Waals surface area contributed by atoms with Crippen LogP contribution < -0.4 is 10.6 Å². The quantitative estimate of drug-likeness (QED) is 0.595. The first-order chi connectivity index (χ1) is 9.72. The fourth-order valence-electron chi connectivity index (χ4n) is 2.76. The number of carbonyl (C=O) groups is 1. The zero-order valence-corrected chi connectivity index (χ0v) is 12.7. The Kier molecular flexibility index (Phi) is 6.22. The van der Waals surface area contributed by atoms with E-state index in [0.717, 1.165) is 51.7 Å². The molecule has 0 aliphatic carbocycles. The summed E-state index contributed by atoms with van der Waals surface area (Å²) in [5.74, 6) is 0.139. The average molecular weight is 284 g/mol. The van der Waals surface area contributed by atoms with Crippen LogP contribution in [0.4, 0.5) is 0 Å². The zero-order chi connectivity index (χ0) is 14.4. The van der Waals surface area contributed by atoms with Crippen molar-refractivity contribution < 1.29 is 9.53 Å². The molecule has 0 aromatic heterocycles. The molecule has 2 aliphatic heterocycles. The van der Waals surface area contributed by atoms with Crippen LogP contribution in [0, 0.1) is 0 Å². The molecule has 2 aliphatic rings.